The first-order valence-corrected chi connectivity index (χ1v) is 6.99. The summed E-state index contributed by atoms with van der Waals surface area (Å²) in [6, 6.07) is 5.85. The van der Waals surface area contributed by atoms with Gasteiger partial charge in [-0.1, -0.05) is 19.9 Å². The third kappa shape index (κ3) is 3.94. The Hall–Kier alpha value is -2.11. The van der Waals surface area contributed by atoms with Gasteiger partial charge in [-0.25, -0.2) is 0 Å². The molecule has 20 heavy (non-hydrogen) atoms. The first-order valence-electron chi connectivity index (χ1n) is 6.99. The molecule has 2 rings (SSSR count). The van der Waals surface area contributed by atoms with Crippen LogP contribution in [0.25, 0.3) is 5.65 Å². The molecular weight excluding hydrogens is 252 g/mol. The van der Waals surface area contributed by atoms with Gasteiger partial charge in [-0.2, -0.15) is 0 Å². The van der Waals surface area contributed by atoms with E-state index >= 15 is 0 Å². The van der Waals surface area contributed by atoms with Crippen LogP contribution in [-0.2, 0) is 6.42 Å². The van der Waals surface area contributed by atoms with E-state index in [0.717, 1.165) is 30.9 Å². The molecule has 2 heterocycles. The fourth-order valence-corrected chi connectivity index (χ4v) is 1.86. The van der Waals surface area contributed by atoms with E-state index in [1.165, 1.54) is 0 Å². The van der Waals surface area contributed by atoms with Crippen LogP contribution in [0.1, 0.15) is 26.1 Å². The standard InChI is InChI=1S/C14H22N6/c1-11(2)6-8-16-14(15)17-9-7-13-19-18-12-5-3-4-10-20(12)13/h3-5,10-11H,6-9H2,1-2H3,(H3,15,16,17). The van der Waals surface area contributed by atoms with Crippen molar-refractivity contribution in [2.45, 2.75) is 26.7 Å². The van der Waals surface area contributed by atoms with Gasteiger partial charge in [0.2, 0.25) is 0 Å². The van der Waals surface area contributed by atoms with Gasteiger partial charge in [0.05, 0.1) is 0 Å². The van der Waals surface area contributed by atoms with Crippen LogP contribution in [0.5, 0.6) is 0 Å². The van der Waals surface area contributed by atoms with Gasteiger partial charge in [0.15, 0.2) is 11.6 Å². The van der Waals surface area contributed by atoms with Crippen molar-refractivity contribution in [3.8, 4) is 0 Å². The molecule has 108 valence electrons. The minimum atomic E-state index is 0.500. The molecule has 0 aliphatic rings. The molecule has 0 aromatic carbocycles. The van der Waals surface area contributed by atoms with Crippen molar-refractivity contribution in [1.29, 1.82) is 0 Å². The van der Waals surface area contributed by atoms with E-state index in [1.807, 2.05) is 28.8 Å². The SMILES string of the molecule is CC(C)CCN=C(N)NCCc1nnc2ccccn12. The second kappa shape index (κ2) is 6.88. The average Bonchev–Trinajstić information content (AvgIpc) is 2.82. The Morgan fingerprint density at radius 2 is 2.25 bits per heavy atom. The number of nitrogens with zero attached hydrogens (tertiary/aromatic N) is 4. The first-order chi connectivity index (χ1) is 9.66. The van der Waals surface area contributed by atoms with E-state index in [0.29, 0.717) is 18.4 Å². The Morgan fingerprint density at radius 1 is 1.40 bits per heavy atom. The first kappa shape index (κ1) is 14.3. The maximum Gasteiger partial charge on any atom is 0.188 e. The van der Waals surface area contributed by atoms with Gasteiger partial charge >= 0.3 is 0 Å². The molecule has 6 heteroatoms. The number of hydrogen-bond acceptors (Lipinski definition) is 3. The van der Waals surface area contributed by atoms with Gasteiger partial charge < -0.3 is 11.1 Å². The summed E-state index contributed by atoms with van der Waals surface area (Å²) in [4.78, 5) is 4.29. The van der Waals surface area contributed by atoms with Crippen LogP contribution in [0.4, 0.5) is 0 Å². The summed E-state index contributed by atoms with van der Waals surface area (Å²) in [5.74, 6) is 2.07. The Morgan fingerprint density at radius 3 is 3.05 bits per heavy atom. The molecule has 0 unspecified atom stereocenters. The van der Waals surface area contributed by atoms with Crippen LogP contribution < -0.4 is 11.1 Å². The van der Waals surface area contributed by atoms with Crippen LogP contribution >= 0.6 is 0 Å². The van der Waals surface area contributed by atoms with Crippen LogP contribution in [-0.4, -0.2) is 33.6 Å². The molecule has 0 radical (unpaired) electrons. The molecule has 0 saturated carbocycles. The largest absolute Gasteiger partial charge is 0.370 e. The quantitative estimate of drug-likeness (QED) is 0.613. The summed E-state index contributed by atoms with van der Waals surface area (Å²) < 4.78 is 1.98. The summed E-state index contributed by atoms with van der Waals surface area (Å²) in [7, 11) is 0. The van der Waals surface area contributed by atoms with Gasteiger partial charge in [0, 0.05) is 25.7 Å². The van der Waals surface area contributed by atoms with Gasteiger partial charge in [-0.05, 0) is 24.5 Å². The van der Waals surface area contributed by atoms with E-state index in [2.05, 4.69) is 34.4 Å². The zero-order valence-electron chi connectivity index (χ0n) is 12.1. The Balaban J connectivity index is 1.81. The fraction of sp³-hybridized carbons (Fsp3) is 0.500. The highest BCUT2D eigenvalue weighted by Crippen LogP contribution is 2.02. The monoisotopic (exact) mass is 274 g/mol. The zero-order valence-corrected chi connectivity index (χ0v) is 12.1. The van der Waals surface area contributed by atoms with E-state index in [9.17, 15) is 0 Å². The molecule has 0 aliphatic carbocycles. The second-order valence-electron chi connectivity index (χ2n) is 5.17. The summed E-state index contributed by atoms with van der Waals surface area (Å²) >= 11 is 0. The molecule has 0 amide bonds. The Kier molecular flexibility index (Phi) is 4.92. The number of hydrogen-bond donors (Lipinski definition) is 2. The lowest BCUT2D eigenvalue weighted by Gasteiger charge is -2.05. The number of fused-ring (bicyclic) bond motifs is 1. The highest BCUT2D eigenvalue weighted by Gasteiger charge is 2.03. The van der Waals surface area contributed by atoms with Crippen LogP contribution in [0, 0.1) is 5.92 Å². The molecule has 2 aromatic rings. The number of rotatable bonds is 6. The van der Waals surface area contributed by atoms with Crippen molar-refractivity contribution >= 4 is 11.6 Å². The Labute approximate surface area is 119 Å². The van der Waals surface area contributed by atoms with Gasteiger partial charge in [-0.3, -0.25) is 9.39 Å². The molecule has 2 aromatic heterocycles. The smallest absolute Gasteiger partial charge is 0.188 e. The van der Waals surface area contributed by atoms with E-state index < -0.39 is 0 Å². The van der Waals surface area contributed by atoms with E-state index in [4.69, 9.17) is 5.73 Å². The van der Waals surface area contributed by atoms with E-state index in [1.54, 1.807) is 0 Å². The van der Waals surface area contributed by atoms with Crippen molar-refractivity contribution in [2.24, 2.45) is 16.6 Å². The number of nitrogens with one attached hydrogen (secondary N) is 1. The van der Waals surface area contributed by atoms with Crippen LogP contribution in [0.3, 0.4) is 0 Å². The minimum absolute atomic E-state index is 0.500. The lowest BCUT2D eigenvalue weighted by molar-refractivity contribution is 0.595. The van der Waals surface area contributed by atoms with Gasteiger partial charge in [0.1, 0.15) is 5.82 Å². The summed E-state index contributed by atoms with van der Waals surface area (Å²) in [5.41, 5.74) is 6.67. The molecule has 3 N–H and O–H groups in total. The van der Waals surface area contributed by atoms with E-state index in [-0.39, 0.29) is 0 Å². The third-order valence-corrected chi connectivity index (χ3v) is 3.03. The molecule has 0 spiro atoms. The molecule has 0 fully saturated rings. The number of guanidine groups is 1. The van der Waals surface area contributed by atoms with Gasteiger partial charge in [0.25, 0.3) is 0 Å². The predicted octanol–water partition coefficient (Wildman–Crippen LogP) is 1.22. The third-order valence-electron chi connectivity index (χ3n) is 3.03. The lowest BCUT2D eigenvalue weighted by atomic mass is 10.1. The number of nitrogens with two attached hydrogens (primary N) is 1. The maximum absolute atomic E-state index is 5.81. The van der Waals surface area contributed by atoms with Crippen molar-refractivity contribution in [1.82, 2.24) is 19.9 Å². The van der Waals surface area contributed by atoms with Crippen LogP contribution in [0.15, 0.2) is 29.4 Å². The van der Waals surface area contributed by atoms with Gasteiger partial charge in [-0.15, -0.1) is 10.2 Å². The lowest BCUT2D eigenvalue weighted by Crippen LogP contribution is -2.33. The zero-order chi connectivity index (χ0) is 14.4. The molecule has 0 saturated heterocycles. The predicted molar refractivity (Wildman–Crippen MR) is 80.6 cm³/mol. The molecule has 0 bridgehead atoms. The fourth-order valence-electron chi connectivity index (χ4n) is 1.86. The number of aliphatic imine (C=N–C) groups is 1. The average molecular weight is 274 g/mol. The molecular formula is C14H22N6. The summed E-state index contributed by atoms with van der Waals surface area (Å²) in [6.07, 6.45) is 3.77. The number of pyridine rings is 1. The molecule has 0 atom stereocenters. The minimum Gasteiger partial charge on any atom is -0.370 e. The van der Waals surface area contributed by atoms with Crippen molar-refractivity contribution in [3.63, 3.8) is 0 Å². The van der Waals surface area contributed by atoms with Crippen LogP contribution in [0.2, 0.25) is 0 Å². The normalized spacial score (nSPS) is 12.2. The second-order valence-corrected chi connectivity index (χ2v) is 5.17. The van der Waals surface area contributed by atoms with Crippen molar-refractivity contribution in [2.75, 3.05) is 13.1 Å². The van der Waals surface area contributed by atoms with Crippen molar-refractivity contribution in [3.05, 3.63) is 30.2 Å². The molecule has 0 aliphatic heterocycles. The van der Waals surface area contributed by atoms with Crippen molar-refractivity contribution < 1.29 is 0 Å². The summed E-state index contributed by atoms with van der Waals surface area (Å²) in [5, 5.41) is 11.4. The Bertz CT molecular complexity index is 572. The maximum atomic E-state index is 5.81. The topological polar surface area (TPSA) is 80.6 Å². The highest BCUT2D eigenvalue weighted by atomic mass is 15.2. The number of aromatic nitrogens is 3. The highest BCUT2D eigenvalue weighted by molar-refractivity contribution is 5.77. The molecule has 6 nitrogen and oxygen atoms in total. The summed E-state index contributed by atoms with van der Waals surface area (Å²) in [6.45, 7) is 5.82.